The third-order valence-corrected chi connectivity index (χ3v) is 3.24. The lowest BCUT2D eigenvalue weighted by molar-refractivity contribution is -0.903. The number of nitrogens with zero attached hydrogens (tertiary/aromatic N) is 1. The zero-order valence-electron chi connectivity index (χ0n) is 11.0. The minimum atomic E-state index is 0.286. The first-order chi connectivity index (χ1) is 7.46. The number of hydrogen-bond donors (Lipinski definition) is 1. The van der Waals surface area contributed by atoms with E-state index in [2.05, 4.69) is 46.1 Å². The molecular weight excluding hydrogens is 198 g/mol. The Kier molecular flexibility index (Phi) is 4.51. The topological polar surface area (TPSA) is 20.2 Å². The molecule has 0 heterocycles. The predicted octanol–water partition coefficient (Wildman–Crippen LogP) is 2.26. The Morgan fingerprint density at radius 3 is 2.50 bits per heavy atom. The molecule has 0 radical (unpaired) electrons. The van der Waals surface area contributed by atoms with Crippen LogP contribution in [-0.2, 0) is 6.54 Å². The van der Waals surface area contributed by atoms with E-state index >= 15 is 0 Å². The van der Waals surface area contributed by atoms with Gasteiger partial charge in [0.2, 0.25) is 0 Å². The van der Waals surface area contributed by atoms with Crippen molar-refractivity contribution in [3.8, 4) is 0 Å². The number of rotatable bonds is 5. The second-order valence-electron chi connectivity index (χ2n) is 5.25. The molecule has 0 atom stereocenters. The standard InChI is InChI=1S/C14H24NO/c1-12-7-5-8-14(13(12)2)11-15(3,4)9-6-10-16/h5,7-8,16H,6,9-11H2,1-4H3/q+1. The fourth-order valence-electron chi connectivity index (χ4n) is 2.02. The number of quaternary nitrogens is 1. The summed E-state index contributed by atoms with van der Waals surface area (Å²) in [6.45, 7) is 6.69. The van der Waals surface area contributed by atoms with Gasteiger partial charge in [0.25, 0.3) is 0 Å². The number of aryl methyl sites for hydroxylation is 1. The highest BCUT2D eigenvalue weighted by atomic mass is 16.3. The van der Waals surface area contributed by atoms with E-state index < -0.39 is 0 Å². The molecule has 1 aromatic rings. The highest BCUT2D eigenvalue weighted by Crippen LogP contribution is 2.17. The van der Waals surface area contributed by atoms with E-state index in [9.17, 15) is 0 Å². The first-order valence-electron chi connectivity index (χ1n) is 5.94. The molecule has 2 nitrogen and oxygen atoms in total. The Morgan fingerprint density at radius 2 is 1.88 bits per heavy atom. The zero-order chi connectivity index (χ0) is 12.2. The van der Waals surface area contributed by atoms with Crippen molar-refractivity contribution in [2.24, 2.45) is 0 Å². The van der Waals surface area contributed by atoms with Crippen LogP contribution in [0.25, 0.3) is 0 Å². The van der Waals surface area contributed by atoms with Gasteiger partial charge in [-0.25, -0.2) is 0 Å². The van der Waals surface area contributed by atoms with Crippen LogP contribution in [0.15, 0.2) is 18.2 Å². The molecule has 16 heavy (non-hydrogen) atoms. The fourth-order valence-corrected chi connectivity index (χ4v) is 2.02. The van der Waals surface area contributed by atoms with Gasteiger partial charge in [-0.15, -0.1) is 0 Å². The number of aliphatic hydroxyl groups is 1. The van der Waals surface area contributed by atoms with Crippen LogP contribution in [0.3, 0.4) is 0 Å². The number of hydrogen-bond acceptors (Lipinski definition) is 1. The van der Waals surface area contributed by atoms with Crippen molar-refractivity contribution in [1.82, 2.24) is 0 Å². The van der Waals surface area contributed by atoms with Crippen LogP contribution in [-0.4, -0.2) is 36.8 Å². The minimum Gasteiger partial charge on any atom is -0.396 e. The van der Waals surface area contributed by atoms with E-state index in [4.69, 9.17) is 5.11 Å². The van der Waals surface area contributed by atoms with Gasteiger partial charge in [-0.3, -0.25) is 0 Å². The van der Waals surface area contributed by atoms with Gasteiger partial charge in [0, 0.05) is 18.6 Å². The van der Waals surface area contributed by atoms with E-state index in [-0.39, 0.29) is 6.61 Å². The summed E-state index contributed by atoms with van der Waals surface area (Å²) in [6.07, 6.45) is 0.873. The normalized spacial score (nSPS) is 11.8. The molecule has 0 aliphatic carbocycles. The summed E-state index contributed by atoms with van der Waals surface area (Å²) in [4.78, 5) is 0. The van der Waals surface area contributed by atoms with E-state index in [1.165, 1.54) is 16.7 Å². The molecule has 0 spiro atoms. The maximum atomic E-state index is 8.88. The predicted molar refractivity (Wildman–Crippen MR) is 68.3 cm³/mol. The van der Waals surface area contributed by atoms with Crippen molar-refractivity contribution < 1.29 is 9.59 Å². The van der Waals surface area contributed by atoms with Crippen LogP contribution >= 0.6 is 0 Å². The van der Waals surface area contributed by atoms with E-state index in [1.807, 2.05) is 0 Å². The summed E-state index contributed by atoms with van der Waals surface area (Å²) in [5.74, 6) is 0. The highest BCUT2D eigenvalue weighted by molar-refractivity contribution is 5.32. The molecule has 0 aliphatic heterocycles. The summed E-state index contributed by atoms with van der Waals surface area (Å²) in [5.41, 5.74) is 4.18. The second-order valence-corrected chi connectivity index (χ2v) is 5.25. The number of aliphatic hydroxyl groups excluding tert-OH is 1. The monoisotopic (exact) mass is 222 g/mol. The third-order valence-electron chi connectivity index (χ3n) is 3.24. The minimum absolute atomic E-state index is 0.286. The summed E-state index contributed by atoms with van der Waals surface area (Å²) in [5, 5.41) is 8.88. The third kappa shape index (κ3) is 3.62. The summed E-state index contributed by atoms with van der Waals surface area (Å²) in [6, 6.07) is 6.50. The summed E-state index contributed by atoms with van der Waals surface area (Å²) >= 11 is 0. The van der Waals surface area contributed by atoms with Crippen LogP contribution in [0.5, 0.6) is 0 Å². The highest BCUT2D eigenvalue weighted by Gasteiger charge is 2.16. The maximum absolute atomic E-state index is 8.88. The molecule has 0 saturated carbocycles. The Labute approximate surface area is 99.1 Å². The molecule has 0 fully saturated rings. The van der Waals surface area contributed by atoms with Crippen molar-refractivity contribution in [2.45, 2.75) is 26.8 Å². The maximum Gasteiger partial charge on any atom is 0.104 e. The first-order valence-corrected chi connectivity index (χ1v) is 5.94. The first kappa shape index (κ1) is 13.2. The number of benzene rings is 1. The smallest absolute Gasteiger partial charge is 0.104 e. The molecule has 0 aliphatic rings. The zero-order valence-corrected chi connectivity index (χ0v) is 11.0. The lowest BCUT2D eigenvalue weighted by Gasteiger charge is -2.30. The Balaban J connectivity index is 2.75. The summed E-state index contributed by atoms with van der Waals surface area (Å²) < 4.78 is 0.935. The average Bonchev–Trinajstić information content (AvgIpc) is 2.22. The van der Waals surface area contributed by atoms with Crippen molar-refractivity contribution in [2.75, 3.05) is 27.2 Å². The van der Waals surface area contributed by atoms with Gasteiger partial charge in [-0.2, -0.15) is 0 Å². The molecule has 0 amide bonds. The van der Waals surface area contributed by atoms with Crippen LogP contribution in [0.2, 0.25) is 0 Å². The van der Waals surface area contributed by atoms with E-state index in [0.717, 1.165) is 24.0 Å². The van der Waals surface area contributed by atoms with Crippen molar-refractivity contribution in [3.05, 3.63) is 34.9 Å². The lowest BCUT2D eigenvalue weighted by Crippen LogP contribution is -2.40. The Bertz CT molecular complexity index is 345. The van der Waals surface area contributed by atoms with Gasteiger partial charge in [0.05, 0.1) is 20.6 Å². The van der Waals surface area contributed by atoms with Crippen LogP contribution < -0.4 is 0 Å². The molecule has 0 bridgehead atoms. The fraction of sp³-hybridized carbons (Fsp3) is 0.571. The molecule has 2 heteroatoms. The molecule has 0 unspecified atom stereocenters. The SMILES string of the molecule is Cc1cccc(C[N+](C)(C)CCCO)c1C. The summed E-state index contributed by atoms with van der Waals surface area (Å²) in [7, 11) is 4.44. The van der Waals surface area contributed by atoms with Gasteiger partial charge < -0.3 is 9.59 Å². The van der Waals surface area contributed by atoms with Gasteiger partial charge in [0.1, 0.15) is 6.54 Å². The molecule has 0 aromatic heterocycles. The molecule has 0 saturated heterocycles. The Morgan fingerprint density at radius 1 is 1.19 bits per heavy atom. The quantitative estimate of drug-likeness (QED) is 0.758. The van der Waals surface area contributed by atoms with Crippen molar-refractivity contribution >= 4 is 0 Å². The molecular formula is C14H24NO+. The lowest BCUT2D eigenvalue weighted by atomic mass is 10.0. The largest absolute Gasteiger partial charge is 0.396 e. The average molecular weight is 222 g/mol. The van der Waals surface area contributed by atoms with Crippen LogP contribution in [0.1, 0.15) is 23.1 Å². The molecule has 1 aromatic carbocycles. The molecule has 1 rings (SSSR count). The van der Waals surface area contributed by atoms with Crippen LogP contribution in [0.4, 0.5) is 0 Å². The Hall–Kier alpha value is -0.860. The van der Waals surface area contributed by atoms with Gasteiger partial charge in [-0.1, -0.05) is 18.2 Å². The van der Waals surface area contributed by atoms with Gasteiger partial charge in [-0.05, 0) is 25.0 Å². The van der Waals surface area contributed by atoms with E-state index in [0.29, 0.717) is 0 Å². The second kappa shape index (κ2) is 5.46. The van der Waals surface area contributed by atoms with Gasteiger partial charge >= 0.3 is 0 Å². The van der Waals surface area contributed by atoms with Crippen LogP contribution in [0, 0.1) is 13.8 Å². The molecule has 1 N–H and O–H groups in total. The van der Waals surface area contributed by atoms with E-state index in [1.54, 1.807) is 0 Å². The van der Waals surface area contributed by atoms with Crippen molar-refractivity contribution in [3.63, 3.8) is 0 Å². The van der Waals surface area contributed by atoms with Gasteiger partial charge in [0.15, 0.2) is 0 Å². The molecule has 90 valence electrons. The van der Waals surface area contributed by atoms with Crippen molar-refractivity contribution in [1.29, 1.82) is 0 Å².